The molecule has 74 valence electrons. The van der Waals surface area contributed by atoms with E-state index in [4.69, 9.17) is 5.11 Å². The van der Waals surface area contributed by atoms with Crippen LogP contribution in [-0.4, -0.2) is 16.3 Å². The van der Waals surface area contributed by atoms with Crippen molar-refractivity contribution in [2.45, 2.75) is 18.1 Å². The molecule has 14 heavy (non-hydrogen) atoms. The van der Waals surface area contributed by atoms with Gasteiger partial charge in [-0.15, -0.1) is 11.8 Å². The fraction of sp³-hybridized carbons (Fsp3) is 0.364. The SMILES string of the molecule is O=C(O)CCC1=CC2SC=CC2C=C1. The highest BCUT2D eigenvalue weighted by molar-refractivity contribution is 8.03. The molecule has 2 unspecified atom stereocenters. The minimum Gasteiger partial charge on any atom is -0.481 e. The van der Waals surface area contributed by atoms with Crippen LogP contribution >= 0.6 is 11.8 Å². The van der Waals surface area contributed by atoms with Crippen LogP contribution in [0, 0.1) is 5.92 Å². The smallest absolute Gasteiger partial charge is 0.303 e. The number of rotatable bonds is 3. The number of carboxylic acid groups (broad SMARTS) is 1. The van der Waals surface area contributed by atoms with Crippen LogP contribution < -0.4 is 0 Å². The van der Waals surface area contributed by atoms with Crippen molar-refractivity contribution in [2.75, 3.05) is 0 Å². The Hall–Kier alpha value is -0.960. The maximum atomic E-state index is 10.4. The molecule has 1 aliphatic carbocycles. The van der Waals surface area contributed by atoms with Gasteiger partial charge in [-0.2, -0.15) is 0 Å². The van der Waals surface area contributed by atoms with Crippen molar-refractivity contribution in [1.82, 2.24) is 0 Å². The standard InChI is InChI=1S/C11H12O2S/c12-11(13)4-2-8-1-3-9-5-6-14-10(9)7-8/h1,3,5-7,9-10H,2,4H2,(H,12,13). The summed E-state index contributed by atoms with van der Waals surface area (Å²) in [6, 6.07) is 0. The summed E-state index contributed by atoms with van der Waals surface area (Å²) in [7, 11) is 0. The van der Waals surface area contributed by atoms with E-state index in [-0.39, 0.29) is 6.42 Å². The summed E-state index contributed by atoms with van der Waals surface area (Å²) >= 11 is 1.81. The molecule has 1 heterocycles. The first-order valence-corrected chi connectivity index (χ1v) is 5.63. The fourth-order valence-corrected chi connectivity index (χ4v) is 2.74. The first kappa shape index (κ1) is 9.59. The highest BCUT2D eigenvalue weighted by Crippen LogP contribution is 2.35. The number of hydrogen-bond donors (Lipinski definition) is 1. The third kappa shape index (κ3) is 2.10. The molecule has 0 saturated heterocycles. The molecule has 0 aromatic heterocycles. The van der Waals surface area contributed by atoms with Gasteiger partial charge in [0.2, 0.25) is 0 Å². The van der Waals surface area contributed by atoms with E-state index in [1.54, 1.807) is 0 Å². The zero-order chi connectivity index (χ0) is 9.97. The summed E-state index contributed by atoms with van der Waals surface area (Å²) in [5.41, 5.74) is 1.16. The number of carboxylic acids is 1. The largest absolute Gasteiger partial charge is 0.481 e. The molecule has 3 heteroatoms. The average Bonchev–Trinajstić information content (AvgIpc) is 2.61. The van der Waals surface area contributed by atoms with Gasteiger partial charge in [0.25, 0.3) is 0 Å². The first-order valence-electron chi connectivity index (χ1n) is 4.68. The van der Waals surface area contributed by atoms with Crippen LogP contribution in [0.2, 0.25) is 0 Å². The minimum absolute atomic E-state index is 0.228. The summed E-state index contributed by atoms with van der Waals surface area (Å²) in [5.74, 6) is -0.202. The van der Waals surface area contributed by atoms with Gasteiger partial charge in [0.15, 0.2) is 0 Å². The van der Waals surface area contributed by atoms with Gasteiger partial charge in [-0.25, -0.2) is 0 Å². The Kier molecular flexibility index (Phi) is 2.77. The van der Waals surface area contributed by atoms with E-state index in [9.17, 15) is 4.79 Å². The molecular formula is C11H12O2S. The quantitative estimate of drug-likeness (QED) is 0.774. The molecule has 0 amide bonds. The van der Waals surface area contributed by atoms with Crippen molar-refractivity contribution >= 4 is 17.7 Å². The predicted molar refractivity (Wildman–Crippen MR) is 58.1 cm³/mol. The summed E-state index contributed by atoms with van der Waals surface area (Å²) in [6.45, 7) is 0. The van der Waals surface area contributed by atoms with Gasteiger partial charge in [-0.3, -0.25) is 4.79 Å². The van der Waals surface area contributed by atoms with E-state index < -0.39 is 5.97 Å². The number of allylic oxidation sites excluding steroid dienone is 4. The van der Waals surface area contributed by atoms with Gasteiger partial charge >= 0.3 is 5.97 Å². The van der Waals surface area contributed by atoms with E-state index in [0.717, 1.165) is 5.57 Å². The normalized spacial score (nSPS) is 28.7. The molecule has 0 aromatic rings. The molecule has 0 saturated carbocycles. The first-order chi connectivity index (χ1) is 6.75. The molecule has 2 aliphatic rings. The van der Waals surface area contributed by atoms with Crippen molar-refractivity contribution < 1.29 is 9.90 Å². The molecule has 0 aromatic carbocycles. The van der Waals surface area contributed by atoms with E-state index in [1.807, 2.05) is 11.8 Å². The summed E-state index contributed by atoms with van der Waals surface area (Å²) < 4.78 is 0. The second-order valence-corrected chi connectivity index (χ2v) is 4.59. The lowest BCUT2D eigenvalue weighted by Gasteiger charge is -2.17. The van der Waals surface area contributed by atoms with Crippen LogP contribution in [0.25, 0.3) is 0 Å². The number of hydrogen-bond acceptors (Lipinski definition) is 2. The van der Waals surface area contributed by atoms with Crippen molar-refractivity contribution in [3.05, 3.63) is 35.3 Å². The zero-order valence-electron chi connectivity index (χ0n) is 7.72. The Bertz CT molecular complexity index is 328. The lowest BCUT2D eigenvalue weighted by molar-refractivity contribution is -0.136. The Morgan fingerprint density at radius 2 is 2.36 bits per heavy atom. The van der Waals surface area contributed by atoms with E-state index in [0.29, 0.717) is 17.6 Å². The van der Waals surface area contributed by atoms with Gasteiger partial charge in [-0.1, -0.05) is 29.9 Å². The molecule has 0 spiro atoms. The third-order valence-electron chi connectivity index (χ3n) is 2.45. The number of fused-ring (bicyclic) bond motifs is 1. The van der Waals surface area contributed by atoms with Crippen molar-refractivity contribution in [1.29, 1.82) is 0 Å². The third-order valence-corrected chi connectivity index (χ3v) is 3.53. The summed E-state index contributed by atoms with van der Waals surface area (Å²) in [6.07, 6.45) is 9.48. The molecule has 1 aliphatic heterocycles. The molecule has 2 nitrogen and oxygen atoms in total. The monoisotopic (exact) mass is 208 g/mol. The average molecular weight is 208 g/mol. The highest BCUT2D eigenvalue weighted by Gasteiger charge is 2.22. The van der Waals surface area contributed by atoms with Gasteiger partial charge in [-0.05, 0) is 11.8 Å². The molecular weight excluding hydrogens is 196 g/mol. The molecule has 1 N–H and O–H groups in total. The van der Waals surface area contributed by atoms with Gasteiger partial charge in [0.1, 0.15) is 0 Å². The zero-order valence-corrected chi connectivity index (χ0v) is 8.54. The summed E-state index contributed by atoms with van der Waals surface area (Å²) in [5, 5.41) is 11.2. The van der Waals surface area contributed by atoms with Crippen LogP contribution in [0.4, 0.5) is 0 Å². The Morgan fingerprint density at radius 1 is 1.50 bits per heavy atom. The lowest BCUT2D eigenvalue weighted by Crippen LogP contribution is -2.10. The van der Waals surface area contributed by atoms with Crippen molar-refractivity contribution in [3.63, 3.8) is 0 Å². The molecule has 0 bridgehead atoms. The van der Waals surface area contributed by atoms with Crippen molar-refractivity contribution in [3.8, 4) is 0 Å². The van der Waals surface area contributed by atoms with Gasteiger partial charge in [0, 0.05) is 17.6 Å². The number of aliphatic carboxylic acids is 1. The molecule has 2 atom stereocenters. The Labute approximate surface area is 87.4 Å². The topological polar surface area (TPSA) is 37.3 Å². The molecule has 0 radical (unpaired) electrons. The highest BCUT2D eigenvalue weighted by atomic mass is 32.2. The van der Waals surface area contributed by atoms with Crippen LogP contribution in [0.3, 0.4) is 0 Å². The van der Waals surface area contributed by atoms with Crippen LogP contribution in [0.1, 0.15) is 12.8 Å². The second kappa shape index (κ2) is 4.05. The van der Waals surface area contributed by atoms with Crippen LogP contribution in [0.15, 0.2) is 35.3 Å². The number of carbonyl (C=O) groups is 1. The molecule has 2 rings (SSSR count). The predicted octanol–water partition coefficient (Wildman–Crippen LogP) is 2.59. The van der Waals surface area contributed by atoms with Gasteiger partial charge < -0.3 is 5.11 Å². The van der Waals surface area contributed by atoms with Crippen LogP contribution in [0.5, 0.6) is 0 Å². The summed E-state index contributed by atoms with van der Waals surface area (Å²) in [4.78, 5) is 10.4. The second-order valence-electron chi connectivity index (χ2n) is 3.50. The van der Waals surface area contributed by atoms with E-state index in [1.165, 1.54) is 0 Å². The maximum Gasteiger partial charge on any atom is 0.303 e. The minimum atomic E-state index is -0.723. The van der Waals surface area contributed by atoms with Gasteiger partial charge in [0.05, 0.1) is 0 Å². The maximum absolute atomic E-state index is 10.4. The van der Waals surface area contributed by atoms with E-state index in [2.05, 4.69) is 29.7 Å². The lowest BCUT2D eigenvalue weighted by atomic mass is 9.94. The van der Waals surface area contributed by atoms with E-state index >= 15 is 0 Å². The Balaban J connectivity index is 1.95. The number of thioether (sulfide) groups is 1. The fourth-order valence-electron chi connectivity index (χ4n) is 1.67. The molecule has 0 fully saturated rings. The van der Waals surface area contributed by atoms with Crippen LogP contribution in [-0.2, 0) is 4.79 Å². The van der Waals surface area contributed by atoms with Crippen molar-refractivity contribution in [2.24, 2.45) is 5.92 Å². The Morgan fingerprint density at radius 3 is 3.14 bits per heavy atom.